The Balaban J connectivity index is 3.71. The Morgan fingerprint density at radius 3 is 2.47 bits per heavy atom. The lowest BCUT2D eigenvalue weighted by molar-refractivity contribution is 0.572. The summed E-state index contributed by atoms with van der Waals surface area (Å²) in [4.78, 5) is -0.724. The number of benzene rings is 1. The van der Waals surface area contributed by atoms with Crippen LogP contribution in [-0.2, 0) is 14.9 Å². The highest BCUT2D eigenvalue weighted by atomic mass is 35.7. The zero-order chi connectivity index (χ0) is 11.6. The highest BCUT2D eigenvalue weighted by Gasteiger charge is 2.23. The van der Waals surface area contributed by atoms with Crippen molar-refractivity contribution in [3.05, 3.63) is 29.1 Å². The van der Waals surface area contributed by atoms with E-state index in [1.807, 2.05) is 0 Å². The van der Waals surface area contributed by atoms with Crippen LogP contribution in [0, 0.1) is 17.1 Å². The van der Waals surface area contributed by atoms with Crippen molar-refractivity contribution in [1.29, 1.82) is 5.26 Å². The molecule has 0 aliphatic heterocycles. The van der Waals surface area contributed by atoms with E-state index in [2.05, 4.69) is 0 Å². The van der Waals surface area contributed by atoms with Gasteiger partial charge in [0.05, 0.1) is 17.5 Å². The lowest BCUT2D eigenvalue weighted by Crippen LogP contribution is -2.03. The Labute approximate surface area is 95.5 Å². The molecular weight excluding hydrogens is 264 g/mol. The summed E-state index contributed by atoms with van der Waals surface area (Å²) >= 11 is 5.45. The van der Waals surface area contributed by atoms with Gasteiger partial charge in [-0.3, -0.25) is 0 Å². The van der Waals surface area contributed by atoms with Crippen LogP contribution >= 0.6 is 22.3 Å². The SMILES string of the molecule is N#Cc1ccc(F)c(S(=O)(=O)Cl)c1CCl. The molecule has 1 aromatic carbocycles. The summed E-state index contributed by atoms with van der Waals surface area (Å²) in [5, 5.41) is 8.66. The largest absolute Gasteiger partial charge is 0.264 e. The minimum atomic E-state index is -4.25. The van der Waals surface area contributed by atoms with Gasteiger partial charge < -0.3 is 0 Å². The minimum Gasteiger partial charge on any atom is -0.207 e. The summed E-state index contributed by atoms with van der Waals surface area (Å²) in [6.07, 6.45) is 0. The Bertz CT molecular complexity index is 536. The first-order valence-electron chi connectivity index (χ1n) is 3.64. The molecule has 0 unspecified atom stereocenters. The van der Waals surface area contributed by atoms with E-state index in [1.54, 1.807) is 6.07 Å². The molecular formula is C8H4Cl2FNO2S. The molecule has 0 fully saturated rings. The van der Waals surface area contributed by atoms with Crippen LogP contribution in [0.2, 0.25) is 0 Å². The molecule has 0 aromatic heterocycles. The molecule has 1 aromatic rings. The van der Waals surface area contributed by atoms with Crippen molar-refractivity contribution in [2.24, 2.45) is 0 Å². The van der Waals surface area contributed by atoms with Gasteiger partial charge in [0.25, 0.3) is 9.05 Å². The van der Waals surface area contributed by atoms with Gasteiger partial charge in [-0.2, -0.15) is 5.26 Å². The smallest absolute Gasteiger partial charge is 0.207 e. The zero-order valence-corrected chi connectivity index (χ0v) is 9.50. The maximum Gasteiger partial charge on any atom is 0.264 e. The molecule has 0 saturated heterocycles. The van der Waals surface area contributed by atoms with Crippen LogP contribution < -0.4 is 0 Å². The molecule has 80 valence electrons. The van der Waals surface area contributed by atoms with E-state index >= 15 is 0 Å². The van der Waals surface area contributed by atoms with Crippen molar-refractivity contribution >= 4 is 31.3 Å². The maximum atomic E-state index is 13.2. The van der Waals surface area contributed by atoms with Gasteiger partial charge in [-0.05, 0) is 12.1 Å². The van der Waals surface area contributed by atoms with Crippen molar-refractivity contribution in [2.75, 3.05) is 0 Å². The number of halogens is 3. The molecule has 1 rings (SSSR count). The third kappa shape index (κ3) is 2.40. The Morgan fingerprint density at radius 2 is 2.07 bits per heavy atom. The zero-order valence-electron chi connectivity index (χ0n) is 7.17. The van der Waals surface area contributed by atoms with Crippen LogP contribution in [0.15, 0.2) is 17.0 Å². The lowest BCUT2D eigenvalue weighted by Gasteiger charge is -2.06. The number of hydrogen-bond donors (Lipinski definition) is 0. The van der Waals surface area contributed by atoms with E-state index in [0.717, 1.165) is 12.1 Å². The summed E-state index contributed by atoms with van der Waals surface area (Å²) in [6, 6.07) is 3.73. The van der Waals surface area contributed by atoms with E-state index < -0.39 is 19.8 Å². The monoisotopic (exact) mass is 267 g/mol. The topological polar surface area (TPSA) is 57.9 Å². The van der Waals surface area contributed by atoms with E-state index in [9.17, 15) is 12.8 Å². The van der Waals surface area contributed by atoms with Gasteiger partial charge in [0, 0.05) is 16.2 Å². The van der Waals surface area contributed by atoms with Crippen LogP contribution in [0.1, 0.15) is 11.1 Å². The first-order chi connectivity index (χ1) is 6.91. The van der Waals surface area contributed by atoms with Crippen molar-refractivity contribution in [1.82, 2.24) is 0 Å². The average molecular weight is 268 g/mol. The molecule has 7 heteroatoms. The van der Waals surface area contributed by atoms with Gasteiger partial charge in [-0.15, -0.1) is 11.6 Å². The van der Waals surface area contributed by atoms with Crippen molar-refractivity contribution in [2.45, 2.75) is 10.8 Å². The van der Waals surface area contributed by atoms with E-state index in [4.69, 9.17) is 27.5 Å². The molecule has 3 nitrogen and oxygen atoms in total. The van der Waals surface area contributed by atoms with Crippen LogP contribution in [0.25, 0.3) is 0 Å². The standard InChI is InChI=1S/C8H4Cl2FNO2S/c9-3-6-5(4-12)1-2-7(11)8(6)15(10,13)14/h1-2H,3H2. The van der Waals surface area contributed by atoms with Crippen LogP contribution in [0.4, 0.5) is 4.39 Å². The number of hydrogen-bond acceptors (Lipinski definition) is 3. The number of nitrogens with zero attached hydrogens (tertiary/aromatic N) is 1. The van der Waals surface area contributed by atoms with Gasteiger partial charge >= 0.3 is 0 Å². The van der Waals surface area contributed by atoms with E-state index in [1.165, 1.54) is 0 Å². The quantitative estimate of drug-likeness (QED) is 0.611. The molecule has 0 atom stereocenters. The molecule has 0 amide bonds. The highest BCUT2D eigenvalue weighted by molar-refractivity contribution is 8.13. The summed E-state index contributed by atoms with van der Waals surface area (Å²) < 4.78 is 35.3. The third-order valence-electron chi connectivity index (χ3n) is 1.71. The maximum absolute atomic E-state index is 13.2. The Hall–Kier alpha value is -0.830. The first kappa shape index (κ1) is 12.2. The molecule has 15 heavy (non-hydrogen) atoms. The first-order valence-corrected chi connectivity index (χ1v) is 6.48. The van der Waals surface area contributed by atoms with E-state index in [-0.39, 0.29) is 17.0 Å². The number of nitriles is 1. The fourth-order valence-corrected chi connectivity index (χ4v) is 2.74. The predicted octanol–water partition coefficient (Wildman–Crippen LogP) is 2.36. The highest BCUT2D eigenvalue weighted by Crippen LogP contribution is 2.27. The number of rotatable bonds is 2. The summed E-state index contributed by atoms with van der Waals surface area (Å²) in [7, 11) is 0.794. The fraction of sp³-hybridized carbons (Fsp3) is 0.125. The molecule has 0 saturated carbocycles. The molecule has 0 bridgehead atoms. The second-order valence-corrected chi connectivity index (χ2v) is 5.36. The second-order valence-electron chi connectivity index (χ2n) is 2.59. The van der Waals surface area contributed by atoms with Gasteiger partial charge in [-0.25, -0.2) is 12.8 Å². The van der Waals surface area contributed by atoms with Gasteiger partial charge in [0.2, 0.25) is 0 Å². The lowest BCUT2D eigenvalue weighted by atomic mass is 10.1. The summed E-state index contributed by atoms with van der Waals surface area (Å²) in [6.45, 7) is 0. The molecule has 0 spiro atoms. The van der Waals surface area contributed by atoms with Crippen molar-refractivity contribution < 1.29 is 12.8 Å². The Morgan fingerprint density at radius 1 is 1.47 bits per heavy atom. The van der Waals surface area contributed by atoms with Crippen molar-refractivity contribution in [3.8, 4) is 6.07 Å². The minimum absolute atomic E-state index is 0.00868. The van der Waals surface area contributed by atoms with Gasteiger partial charge in [-0.1, -0.05) is 0 Å². The molecule has 0 heterocycles. The third-order valence-corrected chi connectivity index (χ3v) is 3.37. The van der Waals surface area contributed by atoms with Gasteiger partial charge in [0.15, 0.2) is 0 Å². The van der Waals surface area contributed by atoms with Crippen LogP contribution in [-0.4, -0.2) is 8.42 Å². The van der Waals surface area contributed by atoms with Crippen LogP contribution in [0.5, 0.6) is 0 Å². The summed E-state index contributed by atoms with van der Waals surface area (Å²) in [5.41, 5.74) is -0.125. The average Bonchev–Trinajstić information content (AvgIpc) is 2.15. The Kier molecular flexibility index (Phi) is 3.55. The molecule has 0 radical (unpaired) electrons. The van der Waals surface area contributed by atoms with Crippen molar-refractivity contribution in [3.63, 3.8) is 0 Å². The van der Waals surface area contributed by atoms with Gasteiger partial charge in [0.1, 0.15) is 10.7 Å². The number of alkyl halides is 1. The molecule has 0 aliphatic rings. The van der Waals surface area contributed by atoms with E-state index in [0.29, 0.717) is 0 Å². The van der Waals surface area contributed by atoms with Crippen LogP contribution in [0.3, 0.4) is 0 Å². The summed E-state index contributed by atoms with van der Waals surface area (Å²) in [5.74, 6) is -1.32. The molecule has 0 aliphatic carbocycles. The normalized spacial score (nSPS) is 11.1. The molecule has 0 N–H and O–H groups in total. The second kappa shape index (κ2) is 4.35. The fourth-order valence-electron chi connectivity index (χ4n) is 1.10. The predicted molar refractivity (Wildman–Crippen MR) is 53.7 cm³/mol.